The lowest BCUT2D eigenvalue weighted by atomic mass is 10.2. The molecule has 0 spiro atoms. The van der Waals surface area contributed by atoms with Gasteiger partial charge in [0, 0.05) is 6.54 Å². The highest BCUT2D eigenvalue weighted by Gasteiger charge is 2.31. The van der Waals surface area contributed by atoms with E-state index in [1.807, 2.05) is 0 Å². The van der Waals surface area contributed by atoms with Crippen LogP contribution in [0.25, 0.3) is 0 Å². The fourth-order valence-electron chi connectivity index (χ4n) is 1.59. The van der Waals surface area contributed by atoms with Crippen LogP contribution >= 0.6 is 0 Å². The van der Waals surface area contributed by atoms with E-state index in [1.54, 1.807) is 0 Å². The third kappa shape index (κ3) is 2.21. The van der Waals surface area contributed by atoms with E-state index in [-0.39, 0.29) is 12.5 Å². The van der Waals surface area contributed by atoms with Gasteiger partial charge in [-0.2, -0.15) is 0 Å². The van der Waals surface area contributed by atoms with Crippen molar-refractivity contribution in [3.05, 3.63) is 0 Å². The van der Waals surface area contributed by atoms with E-state index < -0.39 is 11.9 Å². The monoisotopic (exact) mass is 199 g/mol. The number of hydrogen-bond acceptors (Lipinski definition) is 3. The zero-order valence-corrected chi connectivity index (χ0v) is 7.73. The van der Waals surface area contributed by atoms with Gasteiger partial charge in [0.1, 0.15) is 6.04 Å². The van der Waals surface area contributed by atoms with Crippen LogP contribution in [0.2, 0.25) is 0 Å². The Labute approximate surface area is 81.4 Å². The SMILES string of the molecule is NC(=O)[C@@H]1CCCN1C(=O)CNC=O. The molecule has 0 radical (unpaired) electrons. The number of primary amides is 1. The van der Waals surface area contributed by atoms with Crippen molar-refractivity contribution < 1.29 is 14.4 Å². The van der Waals surface area contributed by atoms with Crippen molar-refractivity contribution in [2.75, 3.05) is 13.1 Å². The maximum absolute atomic E-state index is 11.4. The summed E-state index contributed by atoms with van der Waals surface area (Å²) in [5.41, 5.74) is 5.13. The van der Waals surface area contributed by atoms with Crippen molar-refractivity contribution in [3.8, 4) is 0 Å². The average Bonchev–Trinajstić information content (AvgIpc) is 2.62. The maximum atomic E-state index is 11.4. The molecule has 0 unspecified atom stereocenters. The summed E-state index contributed by atoms with van der Waals surface area (Å²) < 4.78 is 0. The molecule has 0 bridgehead atoms. The van der Waals surface area contributed by atoms with E-state index in [2.05, 4.69) is 5.32 Å². The van der Waals surface area contributed by atoms with Crippen molar-refractivity contribution in [1.82, 2.24) is 10.2 Å². The van der Waals surface area contributed by atoms with Crippen LogP contribution in [0.3, 0.4) is 0 Å². The molecule has 1 atom stereocenters. The van der Waals surface area contributed by atoms with Crippen LogP contribution in [-0.2, 0) is 14.4 Å². The Kier molecular flexibility index (Phi) is 3.44. The van der Waals surface area contributed by atoms with Gasteiger partial charge in [-0.3, -0.25) is 14.4 Å². The Hall–Kier alpha value is -1.59. The molecule has 3 amide bonds. The van der Waals surface area contributed by atoms with Gasteiger partial charge in [-0.1, -0.05) is 0 Å². The fraction of sp³-hybridized carbons (Fsp3) is 0.625. The molecule has 0 aliphatic carbocycles. The van der Waals surface area contributed by atoms with Crippen molar-refractivity contribution in [1.29, 1.82) is 0 Å². The molecule has 0 aromatic carbocycles. The van der Waals surface area contributed by atoms with Gasteiger partial charge in [0.15, 0.2) is 0 Å². The Morgan fingerprint density at radius 3 is 2.86 bits per heavy atom. The van der Waals surface area contributed by atoms with Crippen LogP contribution in [0, 0.1) is 0 Å². The molecule has 3 N–H and O–H groups in total. The number of amides is 3. The summed E-state index contributed by atoms with van der Waals surface area (Å²) in [6.45, 7) is 0.459. The third-order valence-electron chi connectivity index (χ3n) is 2.24. The maximum Gasteiger partial charge on any atom is 0.242 e. The van der Waals surface area contributed by atoms with E-state index in [0.717, 1.165) is 6.42 Å². The second kappa shape index (κ2) is 4.59. The Morgan fingerprint density at radius 1 is 1.57 bits per heavy atom. The first-order valence-electron chi connectivity index (χ1n) is 4.42. The molecule has 1 rings (SSSR count). The first-order valence-corrected chi connectivity index (χ1v) is 4.42. The fourth-order valence-corrected chi connectivity index (χ4v) is 1.59. The van der Waals surface area contributed by atoms with Crippen LogP contribution in [0.4, 0.5) is 0 Å². The summed E-state index contributed by atoms with van der Waals surface area (Å²) in [7, 11) is 0. The lowest BCUT2D eigenvalue weighted by Crippen LogP contribution is -2.46. The van der Waals surface area contributed by atoms with E-state index >= 15 is 0 Å². The van der Waals surface area contributed by atoms with Crippen LogP contribution < -0.4 is 11.1 Å². The smallest absolute Gasteiger partial charge is 0.242 e. The molecule has 1 aliphatic heterocycles. The molecular formula is C8H13N3O3. The molecule has 78 valence electrons. The number of likely N-dealkylation sites (tertiary alicyclic amines) is 1. The van der Waals surface area contributed by atoms with Crippen molar-refractivity contribution in [2.45, 2.75) is 18.9 Å². The highest BCUT2D eigenvalue weighted by molar-refractivity contribution is 5.88. The molecule has 1 heterocycles. The summed E-state index contributed by atoms with van der Waals surface area (Å²) >= 11 is 0. The van der Waals surface area contributed by atoms with Crippen LogP contribution in [0.1, 0.15) is 12.8 Å². The zero-order valence-electron chi connectivity index (χ0n) is 7.73. The zero-order chi connectivity index (χ0) is 10.6. The quantitative estimate of drug-likeness (QED) is 0.524. The van der Waals surface area contributed by atoms with Crippen molar-refractivity contribution in [2.24, 2.45) is 5.73 Å². The molecule has 14 heavy (non-hydrogen) atoms. The van der Waals surface area contributed by atoms with Gasteiger partial charge in [-0.05, 0) is 12.8 Å². The minimum atomic E-state index is -0.504. The number of nitrogens with two attached hydrogens (primary N) is 1. The first-order chi connectivity index (χ1) is 6.66. The van der Waals surface area contributed by atoms with Crippen LogP contribution in [0.5, 0.6) is 0 Å². The predicted octanol–water partition coefficient (Wildman–Crippen LogP) is -1.79. The largest absolute Gasteiger partial charge is 0.368 e. The molecule has 6 nitrogen and oxygen atoms in total. The number of carbonyl (C=O) groups excluding carboxylic acids is 3. The Bertz CT molecular complexity index is 254. The van der Waals surface area contributed by atoms with Gasteiger partial charge in [-0.25, -0.2) is 0 Å². The number of nitrogens with zero attached hydrogens (tertiary/aromatic N) is 1. The topological polar surface area (TPSA) is 92.5 Å². The third-order valence-corrected chi connectivity index (χ3v) is 2.24. The molecule has 6 heteroatoms. The predicted molar refractivity (Wildman–Crippen MR) is 48.0 cm³/mol. The number of carbonyl (C=O) groups is 3. The van der Waals surface area contributed by atoms with Crippen LogP contribution in [0.15, 0.2) is 0 Å². The number of rotatable bonds is 4. The molecule has 1 saturated heterocycles. The summed E-state index contributed by atoms with van der Waals surface area (Å²) in [6.07, 6.45) is 1.84. The molecule has 0 aromatic rings. The minimum Gasteiger partial charge on any atom is -0.368 e. The summed E-state index contributed by atoms with van der Waals surface area (Å²) in [4.78, 5) is 33.7. The molecule has 0 aromatic heterocycles. The lowest BCUT2D eigenvalue weighted by Gasteiger charge is -2.21. The average molecular weight is 199 g/mol. The van der Waals surface area contributed by atoms with E-state index in [1.165, 1.54) is 4.90 Å². The molecule has 0 saturated carbocycles. The van der Waals surface area contributed by atoms with Crippen LogP contribution in [-0.4, -0.2) is 42.3 Å². The molecule has 1 fully saturated rings. The highest BCUT2D eigenvalue weighted by Crippen LogP contribution is 2.16. The first kappa shape index (κ1) is 10.5. The Morgan fingerprint density at radius 2 is 2.29 bits per heavy atom. The van der Waals surface area contributed by atoms with Gasteiger partial charge < -0.3 is 16.0 Å². The van der Waals surface area contributed by atoms with E-state index in [9.17, 15) is 14.4 Å². The summed E-state index contributed by atoms with van der Waals surface area (Å²) in [5, 5.41) is 2.26. The van der Waals surface area contributed by atoms with Gasteiger partial charge in [0.25, 0.3) is 0 Å². The number of nitrogens with one attached hydrogen (secondary N) is 1. The summed E-state index contributed by atoms with van der Waals surface area (Å²) in [6, 6.07) is -0.504. The Balaban J connectivity index is 2.53. The normalized spacial score (nSPS) is 20.6. The second-order valence-electron chi connectivity index (χ2n) is 3.15. The lowest BCUT2D eigenvalue weighted by molar-refractivity contribution is -0.137. The van der Waals surface area contributed by atoms with Gasteiger partial charge in [0.05, 0.1) is 6.54 Å². The van der Waals surface area contributed by atoms with Crippen molar-refractivity contribution >= 4 is 18.2 Å². The standard InChI is InChI=1S/C8H13N3O3/c9-8(14)6-2-1-3-11(6)7(13)4-10-5-12/h5-6H,1-4H2,(H2,9,14)(H,10,12)/t6-/m0/s1. The van der Waals surface area contributed by atoms with E-state index in [4.69, 9.17) is 5.73 Å². The second-order valence-corrected chi connectivity index (χ2v) is 3.15. The molecular weight excluding hydrogens is 186 g/mol. The van der Waals surface area contributed by atoms with Gasteiger partial charge >= 0.3 is 0 Å². The highest BCUT2D eigenvalue weighted by atomic mass is 16.2. The van der Waals surface area contributed by atoms with Gasteiger partial charge in [0.2, 0.25) is 18.2 Å². The number of hydrogen-bond donors (Lipinski definition) is 2. The summed E-state index contributed by atoms with van der Waals surface area (Å²) in [5.74, 6) is -0.750. The van der Waals surface area contributed by atoms with Crippen molar-refractivity contribution in [3.63, 3.8) is 0 Å². The van der Waals surface area contributed by atoms with Gasteiger partial charge in [-0.15, -0.1) is 0 Å². The van der Waals surface area contributed by atoms with E-state index in [0.29, 0.717) is 19.4 Å². The minimum absolute atomic E-state index is 0.0761. The molecule has 1 aliphatic rings.